The van der Waals surface area contributed by atoms with Crippen molar-refractivity contribution in [2.24, 2.45) is 0 Å². The van der Waals surface area contributed by atoms with E-state index in [2.05, 4.69) is 15.3 Å². The summed E-state index contributed by atoms with van der Waals surface area (Å²) in [5.74, 6) is -0.201. The average Bonchev–Trinajstić information content (AvgIpc) is 3.12. The summed E-state index contributed by atoms with van der Waals surface area (Å²) in [5.41, 5.74) is 2.61. The van der Waals surface area contributed by atoms with Crippen molar-refractivity contribution in [2.45, 2.75) is 56.5 Å². The molecular formula is C38H36F3N3O4. The van der Waals surface area contributed by atoms with Gasteiger partial charge in [-0.25, -0.2) is 9.97 Å². The number of nitrogens with zero attached hydrogens (tertiary/aromatic N) is 2. The third-order valence-electron chi connectivity index (χ3n) is 8.03. The van der Waals surface area contributed by atoms with Crippen LogP contribution in [0.15, 0.2) is 134 Å². The predicted molar refractivity (Wildman–Crippen MR) is 175 cm³/mol. The highest BCUT2D eigenvalue weighted by molar-refractivity contribution is 5.33. The van der Waals surface area contributed by atoms with Gasteiger partial charge in [0.1, 0.15) is 30.1 Å². The van der Waals surface area contributed by atoms with Crippen LogP contribution in [0.25, 0.3) is 0 Å². The van der Waals surface area contributed by atoms with Gasteiger partial charge in [-0.2, -0.15) is 13.2 Å². The van der Waals surface area contributed by atoms with Gasteiger partial charge < -0.3 is 24.3 Å². The van der Waals surface area contributed by atoms with E-state index in [0.717, 1.165) is 34.5 Å². The van der Waals surface area contributed by atoms with E-state index >= 15 is 0 Å². The van der Waals surface area contributed by atoms with Gasteiger partial charge in [0, 0.05) is 6.20 Å². The standard InChI is InChI=1S/C38H36F3N3O4/c39-38(40,41)32-21-22-42-37(43-32)44-33-34(30-19-11-4-12-20-30)48-31(26-45-23-27-13-5-1-6-14-27)35(46-24-28-15-7-2-8-16-28)36(33)47-25-29-17-9-3-10-18-29/h1-22,31,33-36H,23-26H2,(H,42,43,44)/t31-,33+,34+,35+,36-/m1/s1. The number of halogens is 3. The third kappa shape index (κ3) is 8.84. The molecule has 48 heavy (non-hydrogen) atoms. The average molecular weight is 656 g/mol. The SMILES string of the molecule is FC(F)(F)c1ccnc(N[C@@H]2[C@@H](OCc3ccccc3)[C@@H](OCc3ccccc3)[C@@H](COCc3ccccc3)O[C@H]2c2ccccc2)n1. The first-order valence-electron chi connectivity index (χ1n) is 15.7. The monoisotopic (exact) mass is 655 g/mol. The van der Waals surface area contributed by atoms with Crippen molar-refractivity contribution in [3.8, 4) is 0 Å². The van der Waals surface area contributed by atoms with Crippen LogP contribution in [0.2, 0.25) is 0 Å². The van der Waals surface area contributed by atoms with Crippen LogP contribution in [0.5, 0.6) is 0 Å². The summed E-state index contributed by atoms with van der Waals surface area (Å²) < 4.78 is 67.4. The lowest BCUT2D eigenvalue weighted by atomic mass is 9.88. The number of aromatic nitrogens is 2. The van der Waals surface area contributed by atoms with E-state index in [1.54, 1.807) is 0 Å². The Morgan fingerprint density at radius 3 is 1.73 bits per heavy atom. The molecule has 0 saturated carbocycles. The second-order valence-corrected chi connectivity index (χ2v) is 11.5. The van der Waals surface area contributed by atoms with Crippen molar-refractivity contribution in [2.75, 3.05) is 11.9 Å². The second-order valence-electron chi connectivity index (χ2n) is 11.5. The molecule has 1 aliphatic heterocycles. The van der Waals surface area contributed by atoms with Gasteiger partial charge in [0.05, 0.1) is 32.5 Å². The van der Waals surface area contributed by atoms with Crippen molar-refractivity contribution in [1.82, 2.24) is 9.97 Å². The Morgan fingerprint density at radius 1 is 0.646 bits per heavy atom. The number of rotatable bonds is 13. The Labute approximate surface area is 277 Å². The Kier molecular flexibility index (Phi) is 11.1. The highest BCUT2D eigenvalue weighted by atomic mass is 19.4. The molecule has 0 bridgehead atoms. The second kappa shape index (κ2) is 16.0. The van der Waals surface area contributed by atoms with Crippen LogP contribution in [0.3, 0.4) is 0 Å². The van der Waals surface area contributed by atoms with E-state index in [9.17, 15) is 13.2 Å². The quantitative estimate of drug-likeness (QED) is 0.139. The number of benzene rings is 4. The molecule has 5 aromatic rings. The lowest BCUT2D eigenvalue weighted by Crippen LogP contribution is -2.60. The van der Waals surface area contributed by atoms with Crippen molar-refractivity contribution >= 4 is 5.95 Å². The molecular weight excluding hydrogens is 619 g/mol. The lowest BCUT2D eigenvalue weighted by Gasteiger charge is -2.47. The minimum atomic E-state index is -4.65. The normalized spacial score (nSPS) is 21.1. The highest BCUT2D eigenvalue weighted by Crippen LogP contribution is 2.38. The molecule has 6 rings (SSSR count). The van der Waals surface area contributed by atoms with Gasteiger partial charge >= 0.3 is 6.18 Å². The summed E-state index contributed by atoms with van der Waals surface area (Å²) in [6.45, 7) is 1.00. The minimum Gasteiger partial charge on any atom is -0.374 e. The Balaban J connectivity index is 1.37. The van der Waals surface area contributed by atoms with Crippen LogP contribution < -0.4 is 5.32 Å². The molecule has 5 atom stereocenters. The van der Waals surface area contributed by atoms with Crippen LogP contribution >= 0.6 is 0 Å². The van der Waals surface area contributed by atoms with Crippen LogP contribution in [0, 0.1) is 0 Å². The van der Waals surface area contributed by atoms with E-state index < -0.39 is 42.3 Å². The molecule has 1 fully saturated rings. The first-order chi connectivity index (χ1) is 23.4. The van der Waals surface area contributed by atoms with E-state index in [0.29, 0.717) is 6.61 Å². The summed E-state index contributed by atoms with van der Waals surface area (Å²) >= 11 is 0. The summed E-state index contributed by atoms with van der Waals surface area (Å²) in [5, 5.41) is 3.17. The van der Waals surface area contributed by atoms with Crippen LogP contribution in [0.4, 0.5) is 19.1 Å². The van der Waals surface area contributed by atoms with Crippen molar-refractivity contribution < 1.29 is 32.1 Å². The molecule has 10 heteroatoms. The number of alkyl halides is 3. The maximum absolute atomic E-state index is 13.7. The summed E-state index contributed by atoms with van der Waals surface area (Å²) in [7, 11) is 0. The molecule has 2 heterocycles. The fourth-order valence-electron chi connectivity index (χ4n) is 5.70. The Bertz CT molecular complexity index is 1680. The maximum Gasteiger partial charge on any atom is 0.433 e. The molecule has 1 aliphatic rings. The number of hydrogen-bond acceptors (Lipinski definition) is 7. The fraction of sp³-hybridized carbons (Fsp3) is 0.263. The van der Waals surface area contributed by atoms with E-state index in [4.69, 9.17) is 18.9 Å². The zero-order chi connectivity index (χ0) is 33.2. The van der Waals surface area contributed by atoms with Crippen molar-refractivity contribution in [3.63, 3.8) is 0 Å². The lowest BCUT2D eigenvalue weighted by molar-refractivity contribution is -0.227. The number of nitrogens with one attached hydrogen (secondary N) is 1. The summed E-state index contributed by atoms with van der Waals surface area (Å²) in [4.78, 5) is 7.97. The van der Waals surface area contributed by atoms with Crippen LogP contribution in [0.1, 0.15) is 34.1 Å². The van der Waals surface area contributed by atoms with E-state index in [1.807, 2.05) is 121 Å². The molecule has 248 valence electrons. The van der Waals surface area contributed by atoms with Gasteiger partial charge in [-0.15, -0.1) is 0 Å². The molecule has 0 spiro atoms. The topological polar surface area (TPSA) is 74.7 Å². The van der Waals surface area contributed by atoms with Crippen molar-refractivity contribution in [3.05, 3.63) is 162 Å². The molecule has 7 nitrogen and oxygen atoms in total. The highest BCUT2D eigenvalue weighted by Gasteiger charge is 2.48. The van der Waals surface area contributed by atoms with Gasteiger partial charge in [0.15, 0.2) is 0 Å². The number of hydrogen-bond donors (Lipinski definition) is 1. The van der Waals surface area contributed by atoms with E-state index in [-0.39, 0.29) is 25.8 Å². The summed E-state index contributed by atoms with van der Waals surface area (Å²) in [6, 6.07) is 38.8. The van der Waals surface area contributed by atoms with Gasteiger partial charge in [0.2, 0.25) is 5.95 Å². The maximum atomic E-state index is 13.7. The Hall–Kier alpha value is -4.61. The van der Waals surface area contributed by atoms with Gasteiger partial charge in [0.25, 0.3) is 0 Å². The minimum absolute atomic E-state index is 0.176. The third-order valence-corrected chi connectivity index (χ3v) is 8.03. The molecule has 0 amide bonds. The summed E-state index contributed by atoms with van der Waals surface area (Å²) in [6.07, 6.45) is -6.30. The largest absolute Gasteiger partial charge is 0.433 e. The predicted octanol–water partition coefficient (Wildman–Crippen LogP) is 7.80. The Morgan fingerprint density at radius 2 is 1.17 bits per heavy atom. The number of anilines is 1. The first kappa shape index (κ1) is 33.3. The van der Waals surface area contributed by atoms with Crippen LogP contribution in [-0.2, 0) is 44.9 Å². The van der Waals surface area contributed by atoms with Crippen LogP contribution in [-0.4, -0.2) is 40.9 Å². The van der Waals surface area contributed by atoms with Gasteiger partial charge in [-0.3, -0.25) is 0 Å². The molecule has 1 N–H and O–H groups in total. The zero-order valence-corrected chi connectivity index (χ0v) is 26.1. The number of ether oxygens (including phenoxy) is 4. The molecule has 1 saturated heterocycles. The molecule has 1 aromatic heterocycles. The zero-order valence-electron chi connectivity index (χ0n) is 26.1. The van der Waals surface area contributed by atoms with Gasteiger partial charge in [-0.05, 0) is 28.3 Å². The smallest absolute Gasteiger partial charge is 0.374 e. The molecule has 0 aliphatic carbocycles. The first-order valence-corrected chi connectivity index (χ1v) is 15.7. The fourth-order valence-corrected chi connectivity index (χ4v) is 5.70. The molecule has 4 aromatic carbocycles. The molecule has 0 radical (unpaired) electrons. The molecule has 0 unspecified atom stereocenters. The van der Waals surface area contributed by atoms with Crippen molar-refractivity contribution in [1.29, 1.82) is 0 Å². The van der Waals surface area contributed by atoms with Gasteiger partial charge in [-0.1, -0.05) is 121 Å². The van der Waals surface area contributed by atoms with E-state index in [1.165, 1.54) is 0 Å².